The van der Waals surface area contributed by atoms with E-state index in [2.05, 4.69) is 10.9 Å². The van der Waals surface area contributed by atoms with Crippen molar-refractivity contribution >= 4 is 17.9 Å². The first-order valence-electron chi connectivity index (χ1n) is 9.55. The molecule has 1 heterocycles. The number of nitrogens with zero attached hydrogens (tertiary/aromatic N) is 1. The third kappa shape index (κ3) is 6.92. The summed E-state index contributed by atoms with van der Waals surface area (Å²) in [6, 6.07) is 5.75. The van der Waals surface area contributed by atoms with E-state index in [0.717, 1.165) is 0 Å². The van der Waals surface area contributed by atoms with Crippen molar-refractivity contribution in [3.8, 4) is 5.75 Å². The number of piperidine rings is 1. The highest BCUT2D eigenvalue weighted by Crippen LogP contribution is 2.20. The molecule has 0 bridgehead atoms. The molecule has 29 heavy (non-hydrogen) atoms. The monoisotopic (exact) mass is 409 g/mol. The molecule has 1 saturated heterocycles. The van der Waals surface area contributed by atoms with Crippen molar-refractivity contribution < 1.29 is 28.2 Å². The van der Waals surface area contributed by atoms with Gasteiger partial charge >= 0.3 is 6.09 Å². The highest BCUT2D eigenvalue weighted by Gasteiger charge is 2.30. The van der Waals surface area contributed by atoms with E-state index in [9.17, 15) is 18.8 Å². The second-order valence-electron chi connectivity index (χ2n) is 7.91. The Labute approximate surface area is 169 Å². The lowest BCUT2D eigenvalue weighted by atomic mass is 9.96. The van der Waals surface area contributed by atoms with E-state index >= 15 is 0 Å². The summed E-state index contributed by atoms with van der Waals surface area (Å²) in [5.41, 5.74) is 4.09. The van der Waals surface area contributed by atoms with Crippen LogP contribution in [-0.2, 0) is 14.3 Å². The van der Waals surface area contributed by atoms with Gasteiger partial charge in [-0.05, 0) is 52.7 Å². The van der Waals surface area contributed by atoms with E-state index < -0.39 is 29.5 Å². The minimum atomic E-state index is -0.999. The van der Waals surface area contributed by atoms with Crippen LogP contribution in [0.15, 0.2) is 24.3 Å². The number of amides is 3. The first-order chi connectivity index (χ1) is 13.6. The van der Waals surface area contributed by atoms with Crippen LogP contribution in [0.3, 0.4) is 0 Å². The largest absolute Gasteiger partial charge is 0.478 e. The number of ether oxygens (including phenoxy) is 2. The van der Waals surface area contributed by atoms with Crippen LogP contribution in [-0.4, -0.2) is 47.6 Å². The molecule has 0 saturated carbocycles. The number of carbonyl (C=O) groups is 3. The van der Waals surface area contributed by atoms with E-state index in [-0.39, 0.29) is 17.6 Å². The molecular weight excluding hydrogens is 381 g/mol. The van der Waals surface area contributed by atoms with Crippen LogP contribution in [0.1, 0.15) is 40.5 Å². The molecule has 0 unspecified atom stereocenters. The fraction of sp³-hybridized carbons (Fsp3) is 0.550. The molecule has 1 atom stereocenters. The number of halogens is 1. The van der Waals surface area contributed by atoms with Gasteiger partial charge in [0.05, 0.1) is 0 Å². The van der Waals surface area contributed by atoms with Gasteiger partial charge in [-0.2, -0.15) is 0 Å². The maximum atomic E-state index is 13.6. The van der Waals surface area contributed by atoms with E-state index in [4.69, 9.17) is 9.47 Å². The van der Waals surface area contributed by atoms with Crippen molar-refractivity contribution in [1.29, 1.82) is 0 Å². The fourth-order valence-corrected chi connectivity index (χ4v) is 2.76. The molecule has 8 nitrogen and oxygen atoms in total. The first kappa shape index (κ1) is 22.4. The molecule has 0 aromatic heterocycles. The minimum Gasteiger partial charge on any atom is -0.478 e. The Kier molecular flexibility index (Phi) is 7.41. The SMILES string of the molecule is C[C@H](Oc1ccccc1F)C(=O)NNC(=O)C1CCN(C(=O)OC(C)(C)C)CC1. The van der Waals surface area contributed by atoms with Crippen LogP contribution in [0.2, 0.25) is 0 Å². The second kappa shape index (κ2) is 9.58. The Balaban J connectivity index is 1.75. The molecule has 9 heteroatoms. The van der Waals surface area contributed by atoms with Gasteiger partial charge in [-0.3, -0.25) is 20.4 Å². The Morgan fingerprint density at radius 3 is 2.34 bits per heavy atom. The van der Waals surface area contributed by atoms with Gasteiger partial charge in [0, 0.05) is 19.0 Å². The molecule has 1 fully saturated rings. The molecule has 0 aliphatic carbocycles. The molecule has 0 radical (unpaired) electrons. The van der Waals surface area contributed by atoms with Gasteiger partial charge in [-0.25, -0.2) is 9.18 Å². The second-order valence-corrected chi connectivity index (χ2v) is 7.91. The van der Waals surface area contributed by atoms with Crippen molar-refractivity contribution in [2.75, 3.05) is 13.1 Å². The van der Waals surface area contributed by atoms with E-state index in [1.807, 2.05) is 0 Å². The van der Waals surface area contributed by atoms with Crippen LogP contribution in [0.5, 0.6) is 5.75 Å². The predicted octanol–water partition coefficient (Wildman–Crippen LogP) is 2.39. The van der Waals surface area contributed by atoms with E-state index in [1.54, 1.807) is 31.7 Å². The number of benzene rings is 1. The number of hydrogen-bond acceptors (Lipinski definition) is 5. The number of para-hydroxylation sites is 1. The molecule has 1 aliphatic heterocycles. The fourth-order valence-electron chi connectivity index (χ4n) is 2.76. The maximum absolute atomic E-state index is 13.6. The Morgan fingerprint density at radius 1 is 1.14 bits per heavy atom. The summed E-state index contributed by atoms with van der Waals surface area (Å²) >= 11 is 0. The summed E-state index contributed by atoms with van der Waals surface area (Å²) in [5.74, 6) is -1.91. The highest BCUT2D eigenvalue weighted by molar-refractivity contribution is 5.85. The van der Waals surface area contributed by atoms with Gasteiger partial charge < -0.3 is 14.4 Å². The molecule has 3 amide bonds. The zero-order chi connectivity index (χ0) is 21.6. The Morgan fingerprint density at radius 2 is 1.76 bits per heavy atom. The number of carbonyl (C=O) groups excluding carboxylic acids is 3. The lowest BCUT2D eigenvalue weighted by molar-refractivity contribution is -0.135. The Hall–Kier alpha value is -2.84. The minimum absolute atomic E-state index is 0.0454. The average Bonchev–Trinajstić information content (AvgIpc) is 2.66. The predicted molar refractivity (Wildman–Crippen MR) is 103 cm³/mol. The number of likely N-dealkylation sites (tertiary alicyclic amines) is 1. The lowest BCUT2D eigenvalue weighted by Crippen LogP contribution is -2.51. The maximum Gasteiger partial charge on any atom is 0.410 e. The smallest absolute Gasteiger partial charge is 0.410 e. The molecule has 0 spiro atoms. The van der Waals surface area contributed by atoms with Crippen molar-refractivity contribution in [3.05, 3.63) is 30.1 Å². The summed E-state index contributed by atoms with van der Waals surface area (Å²) in [6.45, 7) is 7.63. The third-order valence-electron chi connectivity index (χ3n) is 4.34. The van der Waals surface area contributed by atoms with Crippen LogP contribution < -0.4 is 15.6 Å². The molecule has 1 aromatic rings. The molecule has 2 N–H and O–H groups in total. The number of nitrogens with one attached hydrogen (secondary N) is 2. The van der Waals surface area contributed by atoms with Gasteiger partial charge in [0.1, 0.15) is 5.60 Å². The molecule has 2 rings (SSSR count). The van der Waals surface area contributed by atoms with Crippen molar-refractivity contribution in [2.45, 2.75) is 52.2 Å². The zero-order valence-electron chi connectivity index (χ0n) is 17.2. The Bertz CT molecular complexity index is 742. The zero-order valence-corrected chi connectivity index (χ0v) is 17.2. The van der Waals surface area contributed by atoms with Crippen molar-refractivity contribution in [2.24, 2.45) is 5.92 Å². The highest BCUT2D eigenvalue weighted by atomic mass is 19.1. The summed E-state index contributed by atoms with van der Waals surface area (Å²) in [6.07, 6.45) is -0.477. The normalized spacial score (nSPS) is 16.0. The third-order valence-corrected chi connectivity index (χ3v) is 4.34. The van der Waals surface area contributed by atoms with Crippen LogP contribution in [0.25, 0.3) is 0 Å². The summed E-state index contributed by atoms with van der Waals surface area (Å²) in [5, 5.41) is 0. The standard InChI is InChI=1S/C20H28FN3O5/c1-13(28-16-8-6-5-7-15(16)21)17(25)22-23-18(26)14-9-11-24(12-10-14)19(27)29-20(2,3)4/h5-8,13-14H,9-12H2,1-4H3,(H,22,25)(H,23,26)/t13-/m0/s1. The lowest BCUT2D eigenvalue weighted by Gasteiger charge is -2.32. The number of hydrazine groups is 1. The summed E-state index contributed by atoms with van der Waals surface area (Å²) < 4.78 is 24.2. The van der Waals surface area contributed by atoms with E-state index in [0.29, 0.717) is 25.9 Å². The summed E-state index contributed by atoms with van der Waals surface area (Å²) in [4.78, 5) is 38.0. The van der Waals surface area contributed by atoms with Gasteiger partial charge in [-0.15, -0.1) is 0 Å². The van der Waals surface area contributed by atoms with Gasteiger partial charge in [0.15, 0.2) is 17.7 Å². The summed E-state index contributed by atoms with van der Waals surface area (Å²) in [7, 11) is 0. The average molecular weight is 409 g/mol. The molecule has 1 aromatic carbocycles. The van der Waals surface area contributed by atoms with Crippen molar-refractivity contribution in [3.63, 3.8) is 0 Å². The van der Waals surface area contributed by atoms with Crippen molar-refractivity contribution in [1.82, 2.24) is 15.8 Å². The van der Waals surface area contributed by atoms with Crippen LogP contribution in [0.4, 0.5) is 9.18 Å². The van der Waals surface area contributed by atoms with E-state index in [1.165, 1.54) is 25.1 Å². The van der Waals surface area contributed by atoms with Gasteiger partial charge in [-0.1, -0.05) is 12.1 Å². The van der Waals surface area contributed by atoms with Crippen LogP contribution in [0, 0.1) is 11.7 Å². The van der Waals surface area contributed by atoms with Gasteiger partial charge in [0.2, 0.25) is 5.91 Å². The van der Waals surface area contributed by atoms with Crippen LogP contribution >= 0.6 is 0 Å². The van der Waals surface area contributed by atoms with Gasteiger partial charge in [0.25, 0.3) is 5.91 Å². The number of rotatable bonds is 4. The molecule has 1 aliphatic rings. The first-order valence-corrected chi connectivity index (χ1v) is 9.55. The number of hydrogen-bond donors (Lipinski definition) is 2. The molecular formula is C20H28FN3O5. The topological polar surface area (TPSA) is 97.0 Å². The quantitative estimate of drug-likeness (QED) is 0.745. The molecule has 160 valence electrons.